The molecule has 7 heteroatoms. The molecule has 1 amide bonds. The van der Waals surface area contributed by atoms with Gasteiger partial charge in [-0.2, -0.15) is 13.2 Å². The Morgan fingerprint density at radius 2 is 1.76 bits per heavy atom. The van der Waals surface area contributed by atoms with Crippen molar-refractivity contribution in [3.63, 3.8) is 0 Å². The summed E-state index contributed by atoms with van der Waals surface area (Å²) in [7, 11) is 0. The van der Waals surface area contributed by atoms with E-state index in [0.717, 1.165) is 24.5 Å². The molecule has 0 aromatic heterocycles. The van der Waals surface area contributed by atoms with Gasteiger partial charge >= 0.3 is 12.1 Å². The quantitative estimate of drug-likeness (QED) is 0.743. The van der Waals surface area contributed by atoms with Crippen LogP contribution >= 0.6 is 0 Å². The first kappa shape index (κ1) is 16.5. The lowest BCUT2D eigenvalue weighted by atomic mass is 9.86. The SMILES string of the molecule is CCN1CC(C)(C)OC2(CCN(C(=O)C(F)(F)F)CC2)C1. The minimum atomic E-state index is -4.79. The zero-order chi connectivity index (χ0) is 15.9. The van der Waals surface area contributed by atoms with E-state index in [-0.39, 0.29) is 18.7 Å². The fourth-order valence-corrected chi connectivity index (χ4v) is 3.43. The molecule has 0 aliphatic carbocycles. The summed E-state index contributed by atoms with van der Waals surface area (Å²) in [6, 6.07) is 0. The smallest absolute Gasteiger partial charge is 0.366 e. The minimum absolute atomic E-state index is 0.103. The van der Waals surface area contributed by atoms with Crippen molar-refractivity contribution in [3.8, 4) is 0 Å². The summed E-state index contributed by atoms with van der Waals surface area (Å²) in [4.78, 5) is 14.5. The van der Waals surface area contributed by atoms with Crippen molar-refractivity contribution in [1.82, 2.24) is 9.80 Å². The summed E-state index contributed by atoms with van der Waals surface area (Å²) >= 11 is 0. The van der Waals surface area contributed by atoms with Gasteiger partial charge in [-0.3, -0.25) is 9.69 Å². The van der Waals surface area contributed by atoms with E-state index in [1.807, 2.05) is 13.8 Å². The number of likely N-dealkylation sites (N-methyl/N-ethyl adjacent to an activating group) is 1. The zero-order valence-corrected chi connectivity index (χ0v) is 12.8. The van der Waals surface area contributed by atoms with Gasteiger partial charge in [0.2, 0.25) is 0 Å². The molecule has 2 aliphatic heterocycles. The highest BCUT2D eigenvalue weighted by molar-refractivity contribution is 5.81. The first-order valence-corrected chi connectivity index (χ1v) is 7.36. The molecule has 2 aliphatic rings. The van der Waals surface area contributed by atoms with Gasteiger partial charge in [0.25, 0.3) is 0 Å². The van der Waals surface area contributed by atoms with Crippen LogP contribution in [0.4, 0.5) is 13.2 Å². The van der Waals surface area contributed by atoms with Crippen molar-refractivity contribution in [2.75, 3.05) is 32.7 Å². The third-order valence-electron chi connectivity index (χ3n) is 4.26. The molecule has 0 aromatic rings. The average Bonchev–Trinajstić information content (AvgIpc) is 2.35. The number of likely N-dealkylation sites (tertiary alicyclic amines) is 1. The summed E-state index contributed by atoms with van der Waals surface area (Å²) in [5.74, 6) is -1.74. The molecule has 0 aromatic carbocycles. The molecule has 0 radical (unpaired) electrons. The second kappa shape index (κ2) is 5.43. The van der Waals surface area contributed by atoms with Gasteiger partial charge in [0.1, 0.15) is 0 Å². The predicted molar refractivity (Wildman–Crippen MR) is 71.9 cm³/mol. The molecule has 2 rings (SSSR count). The molecule has 0 bridgehead atoms. The number of hydrogen-bond acceptors (Lipinski definition) is 3. The van der Waals surface area contributed by atoms with Gasteiger partial charge < -0.3 is 9.64 Å². The van der Waals surface area contributed by atoms with Crippen molar-refractivity contribution < 1.29 is 22.7 Å². The van der Waals surface area contributed by atoms with Gasteiger partial charge in [-0.15, -0.1) is 0 Å². The highest BCUT2D eigenvalue weighted by atomic mass is 19.4. The van der Waals surface area contributed by atoms with Crippen LogP contribution in [-0.2, 0) is 9.53 Å². The number of ether oxygens (including phenoxy) is 1. The number of carbonyl (C=O) groups excluding carboxylic acids is 1. The zero-order valence-electron chi connectivity index (χ0n) is 12.8. The van der Waals surface area contributed by atoms with E-state index in [1.165, 1.54) is 0 Å². The Bertz CT molecular complexity index is 402. The lowest BCUT2D eigenvalue weighted by Crippen LogP contribution is -2.63. The molecule has 21 heavy (non-hydrogen) atoms. The van der Waals surface area contributed by atoms with Gasteiger partial charge in [0.15, 0.2) is 0 Å². The van der Waals surface area contributed by atoms with Gasteiger partial charge in [-0.25, -0.2) is 0 Å². The molecule has 1 spiro atoms. The van der Waals surface area contributed by atoms with Crippen LogP contribution in [-0.4, -0.2) is 65.8 Å². The van der Waals surface area contributed by atoms with Crippen molar-refractivity contribution in [2.45, 2.75) is 51.0 Å². The normalized spacial score (nSPS) is 26.1. The van der Waals surface area contributed by atoms with Crippen molar-refractivity contribution in [3.05, 3.63) is 0 Å². The van der Waals surface area contributed by atoms with Gasteiger partial charge in [-0.05, 0) is 33.2 Å². The van der Waals surface area contributed by atoms with Gasteiger partial charge in [0.05, 0.1) is 11.2 Å². The lowest BCUT2D eigenvalue weighted by molar-refractivity contribution is -0.219. The van der Waals surface area contributed by atoms with Crippen LogP contribution in [0.15, 0.2) is 0 Å². The highest BCUT2D eigenvalue weighted by Gasteiger charge is 2.49. The Labute approximate surface area is 123 Å². The van der Waals surface area contributed by atoms with Crippen LogP contribution in [0.3, 0.4) is 0 Å². The topological polar surface area (TPSA) is 32.8 Å². The largest absolute Gasteiger partial charge is 0.471 e. The van der Waals surface area contributed by atoms with Gasteiger partial charge in [-0.1, -0.05) is 6.92 Å². The summed E-state index contributed by atoms with van der Waals surface area (Å²) in [5.41, 5.74) is -0.745. The van der Waals surface area contributed by atoms with Crippen LogP contribution in [0, 0.1) is 0 Å². The van der Waals surface area contributed by atoms with E-state index in [0.29, 0.717) is 12.8 Å². The summed E-state index contributed by atoms with van der Waals surface area (Å²) in [6.07, 6.45) is -3.88. The Kier molecular flexibility index (Phi) is 4.28. The number of nitrogens with zero attached hydrogens (tertiary/aromatic N) is 2. The number of rotatable bonds is 1. The standard InChI is InChI=1S/C14H23F3N2O2/c1-4-18-9-12(2,3)21-13(10-18)5-7-19(8-6-13)11(20)14(15,16)17/h4-10H2,1-3H3. The van der Waals surface area contributed by atoms with Gasteiger partial charge in [0, 0.05) is 26.2 Å². The van der Waals surface area contributed by atoms with E-state index in [1.54, 1.807) is 0 Å². The number of alkyl halides is 3. The third-order valence-corrected chi connectivity index (χ3v) is 4.26. The number of carbonyl (C=O) groups is 1. The summed E-state index contributed by atoms with van der Waals surface area (Å²) < 4.78 is 43.6. The molecule has 2 heterocycles. The van der Waals surface area contributed by atoms with Crippen molar-refractivity contribution >= 4 is 5.91 Å². The van der Waals surface area contributed by atoms with E-state index < -0.39 is 17.7 Å². The van der Waals surface area contributed by atoms with Crippen molar-refractivity contribution in [2.24, 2.45) is 0 Å². The predicted octanol–water partition coefficient (Wildman–Crippen LogP) is 2.04. The fraction of sp³-hybridized carbons (Fsp3) is 0.929. The summed E-state index contributed by atoms with van der Waals surface area (Å²) in [5, 5.41) is 0. The third kappa shape index (κ3) is 3.69. The first-order valence-electron chi connectivity index (χ1n) is 7.36. The monoisotopic (exact) mass is 308 g/mol. The lowest BCUT2D eigenvalue weighted by Gasteiger charge is -2.53. The molecule has 0 N–H and O–H groups in total. The minimum Gasteiger partial charge on any atom is -0.366 e. The Hall–Kier alpha value is -0.820. The van der Waals surface area contributed by atoms with E-state index in [9.17, 15) is 18.0 Å². The molecule has 2 fully saturated rings. The van der Waals surface area contributed by atoms with Crippen LogP contribution in [0.1, 0.15) is 33.6 Å². The van der Waals surface area contributed by atoms with Crippen molar-refractivity contribution in [1.29, 1.82) is 0 Å². The molecule has 4 nitrogen and oxygen atoms in total. The second-order valence-corrected chi connectivity index (χ2v) is 6.64. The number of hydrogen-bond donors (Lipinski definition) is 0. The Morgan fingerprint density at radius 3 is 2.24 bits per heavy atom. The van der Waals surface area contributed by atoms with Crippen LogP contribution < -0.4 is 0 Å². The number of piperidine rings is 1. The molecule has 0 unspecified atom stereocenters. The summed E-state index contributed by atoms with van der Waals surface area (Å²) in [6.45, 7) is 8.71. The number of halogens is 3. The molecule has 122 valence electrons. The maximum Gasteiger partial charge on any atom is 0.471 e. The maximum absolute atomic E-state index is 12.5. The Balaban J connectivity index is 2.03. The van der Waals surface area contributed by atoms with E-state index in [2.05, 4.69) is 11.8 Å². The average molecular weight is 308 g/mol. The van der Waals surface area contributed by atoms with Crippen LogP contribution in [0.5, 0.6) is 0 Å². The second-order valence-electron chi connectivity index (χ2n) is 6.64. The van der Waals surface area contributed by atoms with Crippen LogP contribution in [0.25, 0.3) is 0 Å². The Morgan fingerprint density at radius 1 is 1.19 bits per heavy atom. The van der Waals surface area contributed by atoms with E-state index >= 15 is 0 Å². The highest BCUT2D eigenvalue weighted by Crippen LogP contribution is 2.37. The van der Waals surface area contributed by atoms with Crippen LogP contribution in [0.2, 0.25) is 0 Å². The number of morpholine rings is 1. The maximum atomic E-state index is 12.5. The first-order chi connectivity index (χ1) is 9.57. The fourth-order valence-electron chi connectivity index (χ4n) is 3.43. The molecule has 0 saturated carbocycles. The van der Waals surface area contributed by atoms with E-state index in [4.69, 9.17) is 4.74 Å². The molecule has 2 saturated heterocycles. The number of amides is 1. The molecule has 0 atom stereocenters. The molecular weight excluding hydrogens is 285 g/mol. The molecular formula is C14H23F3N2O2.